The molecule has 1 N–H and O–H groups in total. The Hall–Kier alpha value is -4.89. The van der Waals surface area contributed by atoms with Crippen molar-refractivity contribution in [2.75, 3.05) is 27.9 Å². The van der Waals surface area contributed by atoms with Crippen LogP contribution in [-0.2, 0) is 16.1 Å². The number of nitrogens with zero attached hydrogens (tertiary/aromatic N) is 5. The number of carbonyl (C=O) groups is 1. The number of carbonyl (C=O) groups excluding carboxylic acids is 1. The summed E-state index contributed by atoms with van der Waals surface area (Å²) in [6, 6.07) is 8.69. The van der Waals surface area contributed by atoms with Gasteiger partial charge in [-0.2, -0.15) is 0 Å². The molecule has 0 bridgehead atoms. The second kappa shape index (κ2) is 17.6. The predicted octanol–water partition coefficient (Wildman–Crippen LogP) is 8.04. The molecule has 5 rings (SSSR count). The third-order valence-electron chi connectivity index (χ3n) is 9.87. The van der Waals surface area contributed by atoms with E-state index in [9.17, 15) is 9.90 Å². The molecular formula is C40H51N5O7. The van der Waals surface area contributed by atoms with Crippen molar-refractivity contribution < 1.29 is 33.6 Å². The minimum atomic E-state index is -0.655. The zero-order valence-electron chi connectivity index (χ0n) is 31.4. The van der Waals surface area contributed by atoms with E-state index in [0.29, 0.717) is 52.3 Å². The standard InChI is InChI=1S/C40H51N5O7/c1-9-10-11-12-13-14-17-51-28-15-16-31(48-6)29(21-28)37-43-38-34(40(47)52-36-25(3)18-24(2)19-26(36)4)35(41-5)39(45(38)44-37)42-30-22-32(49-7)27(23-46)20-33(30)50-8/h15-16,20-22,24-26,36,46H,9-14,17-19,23H2,1-4,6-8H3/b42-39+. The Morgan fingerprint density at radius 1 is 0.962 bits per heavy atom. The minimum Gasteiger partial charge on any atom is -0.496 e. The van der Waals surface area contributed by atoms with E-state index >= 15 is 0 Å². The van der Waals surface area contributed by atoms with Crippen LogP contribution in [0.3, 0.4) is 0 Å². The van der Waals surface area contributed by atoms with Crippen molar-refractivity contribution >= 4 is 23.1 Å². The van der Waals surface area contributed by atoms with Crippen molar-refractivity contribution in [2.24, 2.45) is 22.7 Å². The van der Waals surface area contributed by atoms with Crippen LogP contribution < -0.4 is 18.9 Å². The number of benzene rings is 2. The van der Waals surface area contributed by atoms with E-state index in [1.807, 2.05) is 12.1 Å². The fourth-order valence-corrected chi connectivity index (χ4v) is 7.35. The van der Waals surface area contributed by atoms with Crippen LogP contribution in [0.2, 0.25) is 0 Å². The van der Waals surface area contributed by atoms with Gasteiger partial charge >= 0.3 is 5.97 Å². The number of esters is 1. The highest BCUT2D eigenvalue weighted by Gasteiger charge is 2.41. The van der Waals surface area contributed by atoms with Crippen LogP contribution in [0.25, 0.3) is 21.8 Å². The number of methoxy groups -OCH3 is 3. The molecule has 52 heavy (non-hydrogen) atoms. The number of fused-ring (bicyclic) bond motifs is 1. The van der Waals surface area contributed by atoms with Crippen molar-refractivity contribution in [3.63, 3.8) is 0 Å². The van der Waals surface area contributed by atoms with Gasteiger partial charge in [-0.1, -0.05) is 59.8 Å². The minimum absolute atomic E-state index is 0.0159. The Morgan fingerprint density at radius 2 is 1.65 bits per heavy atom. The van der Waals surface area contributed by atoms with E-state index in [0.717, 1.165) is 25.7 Å². The normalized spacial score (nSPS) is 20.4. The van der Waals surface area contributed by atoms with Crippen molar-refractivity contribution in [2.45, 2.75) is 91.8 Å². The fraction of sp³-hybridized carbons (Fsp3) is 0.525. The summed E-state index contributed by atoms with van der Waals surface area (Å²) in [6.45, 7) is 17.1. The van der Waals surface area contributed by atoms with Crippen molar-refractivity contribution in [3.8, 4) is 34.4 Å². The zero-order valence-corrected chi connectivity index (χ0v) is 31.4. The van der Waals surface area contributed by atoms with Crippen molar-refractivity contribution in [3.05, 3.63) is 58.8 Å². The van der Waals surface area contributed by atoms with E-state index in [1.165, 1.54) is 44.6 Å². The monoisotopic (exact) mass is 713 g/mol. The number of aliphatic hydroxyl groups is 1. The number of hydrogen-bond donors (Lipinski definition) is 1. The molecule has 1 aliphatic heterocycles. The first-order valence-electron chi connectivity index (χ1n) is 18.2. The van der Waals surface area contributed by atoms with Gasteiger partial charge in [-0.15, -0.1) is 5.10 Å². The third-order valence-corrected chi connectivity index (χ3v) is 9.87. The van der Waals surface area contributed by atoms with Crippen LogP contribution in [0, 0.1) is 24.3 Å². The van der Waals surface area contributed by atoms with E-state index in [1.54, 1.807) is 25.3 Å². The second-order valence-corrected chi connectivity index (χ2v) is 13.8. The van der Waals surface area contributed by atoms with E-state index in [4.69, 9.17) is 45.3 Å². The summed E-state index contributed by atoms with van der Waals surface area (Å²) < 4.78 is 30.5. The summed E-state index contributed by atoms with van der Waals surface area (Å²) in [5.41, 5.74) is 1.29. The van der Waals surface area contributed by atoms with Crippen LogP contribution >= 0.6 is 0 Å². The molecule has 0 amide bonds. The maximum absolute atomic E-state index is 14.2. The second-order valence-electron chi connectivity index (χ2n) is 13.8. The van der Waals surface area contributed by atoms with Gasteiger partial charge in [0.05, 0.1) is 46.7 Å². The average Bonchev–Trinajstić information content (AvgIpc) is 3.69. The van der Waals surface area contributed by atoms with E-state index in [2.05, 4.69) is 32.5 Å². The maximum Gasteiger partial charge on any atom is 0.331 e. The molecule has 278 valence electrons. The summed E-state index contributed by atoms with van der Waals surface area (Å²) in [7, 11) is 4.53. The fourth-order valence-electron chi connectivity index (χ4n) is 7.35. The molecule has 2 atom stereocenters. The molecule has 0 saturated heterocycles. The van der Waals surface area contributed by atoms with E-state index < -0.39 is 5.97 Å². The Kier molecular flexibility index (Phi) is 12.9. The highest BCUT2D eigenvalue weighted by atomic mass is 16.5. The van der Waals surface area contributed by atoms with Gasteiger partial charge in [0.15, 0.2) is 17.5 Å². The topological polar surface area (TPSA) is 131 Å². The van der Waals surface area contributed by atoms with E-state index in [-0.39, 0.29) is 53.3 Å². The lowest BCUT2D eigenvalue weighted by atomic mass is 9.75. The van der Waals surface area contributed by atoms with Gasteiger partial charge in [-0.3, -0.25) is 0 Å². The van der Waals surface area contributed by atoms with Crippen LogP contribution in [0.4, 0.5) is 5.69 Å². The van der Waals surface area contributed by atoms with Crippen LogP contribution in [0.5, 0.6) is 23.0 Å². The molecule has 2 aliphatic rings. The number of aliphatic imine (C=N–C) groups is 1. The van der Waals surface area contributed by atoms with Crippen molar-refractivity contribution in [1.82, 2.24) is 14.8 Å². The Morgan fingerprint density at radius 3 is 2.31 bits per heavy atom. The lowest BCUT2D eigenvalue weighted by Crippen LogP contribution is -2.37. The van der Waals surface area contributed by atoms with Gasteiger partial charge in [0.25, 0.3) is 0 Å². The van der Waals surface area contributed by atoms with Crippen LogP contribution in [-0.4, -0.2) is 65.7 Å². The Bertz CT molecular complexity index is 1830. The highest BCUT2D eigenvalue weighted by molar-refractivity contribution is 6.29. The quantitative estimate of drug-likeness (QED) is 0.0890. The summed E-state index contributed by atoms with van der Waals surface area (Å²) in [5, 5.41) is 14.7. The van der Waals surface area contributed by atoms with Gasteiger partial charge in [0.2, 0.25) is 5.70 Å². The lowest BCUT2D eigenvalue weighted by molar-refractivity contribution is -0.150. The largest absolute Gasteiger partial charge is 0.496 e. The Labute approximate surface area is 306 Å². The summed E-state index contributed by atoms with van der Waals surface area (Å²) in [5.74, 6) is 2.48. The molecule has 12 heteroatoms. The first kappa shape index (κ1) is 38.3. The molecule has 2 heterocycles. The first-order chi connectivity index (χ1) is 25.2. The number of aromatic nitrogens is 3. The molecule has 3 aromatic rings. The number of aliphatic hydroxyl groups excluding tert-OH is 1. The molecule has 0 radical (unpaired) electrons. The molecule has 1 aromatic heterocycles. The lowest BCUT2D eigenvalue weighted by Gasteiger charge is -2.37. The highest BCUT2D eigenvalue weighted by Crippen LogP contribution is 2.41. The number of unbranched alkanes of at least 4 members (excludes halogenated alkanes) is 5. The van der Waals surface area contributed by atoms with Crippen LogP contribution in [0.15, 0.2) is 41.0 Å². The molecule has 2 aromatic carbocycles. The van der Waals surface area contributed by atoms with Gasteiger partial charge in [-0.05, 0) is 61.3 Å². The third kappa shape index (κ3) is 8.26. The van der Waals surface area contributed by atoms with Gasteiger partial charge in [-0.25, -0.2) is 24.3 Å². The molecule has 12 nitrogen and oxygen atoms in total. The number of hydrogen-bond acceptors (Lipinski definition) is 10. The number of allylic oxidation sites excluding steroid dienone is 1. The first-order valence-corrected chi connectivity index (χ1v) is 18.2. The molecule has 0 spiro atoms. The van der Waals surface area contributed by atoms with Gasteiger partial charge in [0.1, 0.15) is 40.4 Å². The summed E-state index contributed by atoms with van der Waals surface area (Å²) in [6.07, 6.45) is 8.48. The molecule has 1 aliphatic carbocycles. The summed E-state index contributed by atoms with van der Waals surface area (Å²) in [4.78, 5) is 27.6. The average molecular weight is 714 g/mol. The maximum atomic E-state index is 14.2. The number of ether oxygens (including phenoxy) is 5. The Balaban J connectivity index is 1.58. The molecule has 2 unspecified atom stereocenters. The molecular weight excluding hydrogens is 662 g/mol. The zero-order chi connectivity index (χ0) is 37.4. The van der Waals surface area contributed by atoms with Gasteiger partial charge < -0.3 is 28.8 Å². The SMILES string of the molecule is [C-]#[N+]C1=C(C(=O)OC2C(C)CC(C)CC2C)c2nc(-c3cc(OCCCCCCCC)ccc3OC)nn2/C1=N/c1cc(OC)c(CO)cc1OC. The molecule has 1 saturated carbocycles. The summed E-state index contributed by atoms with van der Waals surface area (Å²) >= 11 is 0. The van der Waals surface area contributed by atoms with Gasteiger partial charge in [0, 0.05) is 11.6 Å². The number of rotatable bonds is 16. The predicted molar refractivity (Wildman–Crippen MR) is 199 cm³/mol. The van der Waals surface area contributed by atoms with Crippen molar-refractivity contribution in [1.29, 1.82) is 0 Å². The smallest absolute Gasteiger partial charge is 0.331 e. The molecule has 1 fully saturated rings. The van der Waals surface area contributed by atoms with Crippen LogP contribution in [0.1, 0.15) is 90.4 Å².